The summed E-state index contributed by atoms with van der Waals surface area (Å²) < 4.78 is 0. The van der Waals surface area contributed by atoms with E-state index in [2.05, 4.69) is 17.4 Å². The number of anilines is 1. The molecule has 0 saturated carbocycles. The van der Waals surface area contributed by atoms with Crippen molar-refractivity contribution in [1.82, 2.24) is 0 Å². The zero-order chi connectivity index (χ0) is 17.1. The Morgan fingerprint density at radius 1 is 1.13 bits per heavy atom. The second-order valence-corrected chi connectivity index (χ2v) is 5.53. The maximum Gasteiger partial charge on any atom is 0.303 e. The van der Waals surface area contributed by atoms with E-state index in [9.17, 15) is 14.5 Å². The molecule has 1 aromatic rings. The first-order chi connectivity index (χ1) is 11.1. The molecule has 126 valence electrons. The number of nitrogens with one attached hydrogen (secondary N) is 1. The van der Waals surface area contributed by atoms with Gasteiger partial charge in [0.25, 0.3) is 0 Å². The molecular formula is C17H24N2O4. The lowest BCUT2D eigenvalue weighted by Gasteiger charge is -2.10. The zero-order valence-electron chi connectivity index (χ0n) is 13.5. The first-order valence-electron chi connectivity index (χ1n) is 8.01. The molecule has 0 radical (unpaired) electrons. The number of hydrogen-bond donors (Lipinski definition) is 2. The van der Waals surface area contributed by atoms with Crippen molar-refractivity contribution in [1.29, 1.82) is 0 Å². The Labute approximate surface area is 136 Å². The Hall–Kier alpha value is -2.24. The van der Waals surface area contributed by atoms with E-state index in [0.29, 0.717) is 17.7 Å². The molecule has 1 unspecified atom stereocenters. The van der Waals surface area contributed by atoms with Crippen LogP contribution in [0.3, 0.4) is 0 Å². The summed E-state index contributed by atoms with van der Waals surface area (Å²) in [6.07, 6.45) is 4.77. The molecule has 0 aliphatic rings. The molecule has 0 saturated heterocycles. The van der Waals surface area contributed by atoms with E-state index in [4.69, 9.17) is 5.11 Å². The largest absolute Gasteiger partial charge is 0.481 e. The van der Waals surface area contributed by atoms with Crippen molar-refractivity contribution in [3.63, 3.8) is 0 Å². The molecule has 23 heavy (non-hydrogen) atoms. The lowest BCUT2D eigenvalue weighted by atomic mass is 10.0. The highest BCUT2D eigenvalue weighted by atomic mass is 16.4. The van der Waals surface area contributed by atoms with E-state index in [1.54, 1.807) is 24.3 Å². The summed E-state index contributed by atoms with van der Waals surface area (Å²) in [5.74, 6) is -0.976. The van der Waals surface area contributed by atoms with Crippen LogP contribution in [0.15, 0.2) is 29.4 Å². The number of hydrogen-bond acceptors (Lipinski definition) is 4. The maximum absolute atomic E-state index is 11.8. The fourth-order valence-electron chi connectivity index (χ4n) is 2.26. The minimum atomic E-state index is -0.953. The van der Waals surface area contributed by atoms with Gasteiger partial charge in [-0.3, -0.25) is 9.59 Å². The van der Waals surface area contributed by atoms with Gasteiger partial charge in [0.05, 0.1) is 0 Å². The molecule has 1 atom stereocenters. The third-order valence-electron chi connectivity index (χ3n) is 3.60. The van der Waals surface area contributed by atoms with Crippen LogP contribution in [0.5, 0.6) is 0 Å². The first-order valence-corrected chi connectivity index (χ1v) is 8.01. The fraction of sp³-hybridized carbons (Fsp3) is 0.529. The monoisotopic (exact) mass is 320 g/mol. The van der Waals surface area contributed by atoms with E-state index < -0.39 is 12.0 Å². The van der Waals surface area contributed by atoms with Crippen LogP contribution >= 0.6 is 0 Å². The van der Waals surface area contributed by atoms with Crippen LogP contribution in [-0.2, 0) is 9.59 Å². The Bertz CT molecular complexity index is 514. The van der Waals surface area contributed by atoms with E-state index in [-0.39, 0.29) is 18.7 Å². The molecule has 6 nitrogen and oxygen atoms in total. The third-order valence-corrected chi connectivity index (χ3v) is 3.60. The molecule has 0 bridgehead atoms. The Balaban J connectivity index is 2.49. The summed E-state index contributed by atoms with van der Waals surface area (Å²) in [6.45, 7) is 2.12. The van der Waals surface area contributed by atoms with Crippen LogP contribution in [0.1, 0.15) is 63.5 Å². The number of nitrogens with zero attached hydrogens (tertiary/aromatic N) is 1. The number of aliphatic carboxylic acids is 1. The van der Waals surface area contributed by atoms with Gasteiger partial charge < -0.3 is 10.4 Å². The van der Waals surface area contributed by atoms with Gasteiger partial charge >= 0.3 is 5.97 Å². The lowest BCUT2D eigenvalue weighted by molar-refractivity contribution is -0.137. The molecule has 2 N–H and O–H groups in total. The second kappa shape index (κ2) is 10.5. The standard InChI is InChI=1S/C17H24N2O4/c1-2-3-4-5-6-16(20)18-14-9-7-13(8-10-14)15(19-23)11-12-17(21)22/h7-10,15H,2-6,11-12H2,1H3,(H,18,20)(H,21,22). The SMILES string of the molecule is CCCCCCC(=O)Nc1ccc(C(CCC(=O)O)N=O)cc1. The van der Waals surface area contributed by atoms with Crippen LogP contribution in [0.4, 0.5) is 5.69 Å². The van der Waals surface area contributed by atoms with E-state index in [0.717, 1.165) is 25.7 Å². The highest BCUT2D eigenvalue weighted by molar-refractivity contribution is 5.90. The van der Waals surface area contributed by atoms with Crippen LogP contribution in [0.25, 0.3) is 0 Å². The van der Waals surface area contributed by atoms with Crippen molar-refractivity contribution >= 4 is 17.6 Å². The number of carbonyl (C=O) groups is 2. The summed E-state index contributed by atoms with van der Waals surface area (Å²) in [7, 11) is 0. The highest BCUT2D eigenvalue weighted by Gasteiger charge is 2.14. The van der Waals surface area contributed by atoms with Gasteiger partial charge in [0.15, 0.2) is 0 Å². The zero-order valence-corrected chi connectivity index (χ0v) is 13.5. The van der Waals surface area contributed by atoms with Crippen molar-refractivity contribution < 1.29 is 14.7 Å². The van der Waals surface area contributed by atoms with Crippen LogP contribution in [0.2, 0.25) is 0 Å². The number of carbonyl (C=O) groups excluding carboxylic acids is 1. The predicted molar refractivity (Wildman–Crippen MR) is 89.2 cm³/mol. The predicted octanol–water partition coefficient (Wildman–Crippen LogP) is 4.27. The van der Waals surface area contributed by atoms with Crippen molar-refractivity contribution in [3.8, 4) is 0 Å². The van der Waals surface area contributed by atoms with E-state index in [1.165, 1.54) is 0 Å². The smallest absolute Gasteiger partial charge is 0.303 e. The summed E-state index contributed by atoms with van der Waals surface area (Å²) in [5, 5.41) is 14.5. The minimum absolute atomic E-state index is 0.0233. The molecule has 6 heteroatoms. The number of carboxylic acids is 1. The van der Waals surface area contributed by atoms with Gasteiger partial charge in [-0.05, 0) is 30.5 Å². The Morgan fingerprint density at radius 3 is 2.39 bits per heavy atom. The first kappa shape index (κ1) is 18.8. The molecule has 0 aliphatic heterocycles. The van der Waals surface area contributed by atoms with Crippen LogP contribution in [0, 0.1) is 4.91 Å². The van der Waals surface area contributed by atoms with Crippen LogP contribution in [-0.4, -0.2) is 17.0 Å². The number of rotatable bonds is 11. The van der Waals surface area contributed by atoms with Crippen molar-refractivity contribution in [3.05, 3.63) is 34.7 Å². The summed E-state index contributed by atoms with van der Waals surface area (Å²) >= 11 is 0. The summed E-state index contributed by atoms with van der Waals surface area (Å²) in [5.41, 5.74) is 1.32. The van der Waals surface area contributed by atoms with Gasteiger partial charge in [-0.2, -0.15) is 4.91 Å². The van der Waals surface area contributed by atoms with Gasteiger partial charge in [0.2, 0.25) is 5.91 Å². The fourth-order valence-corrected chi connectivity index (χ4v) is 2.26. The van der Waals surface area contributed by atoms with Gasteiger partial charge in [-0.1, -0.05) is 43.5 Å². The van der Waals surface area contributed by atoms with Crippen molar-refractivity contribution in [2.45, 2.75) is 57.9 Å². The van der Waals surface area contributed by atoms with E-state index >= 15 is 0 Å². The van der Waals surface area contributed by atoms with Gasteiger partial charge in [0.1, 0.15) is 6.04 Å². The number of unbranched alkanes of at least 4 members (excludes halogenated alkanes) is 3. The topological polar surface area (TPSA) is 95.8 Å². The van der Waals surface area contributed by atoms with Gasteiger partial charge in [-0.25, -0.2) is 0 Å². The Morgan fingerprint density at radius 2 is 1.83 bits per heavy atom. The maximum atomic E-state index is 11.8. The average molecular weight is 320 g/mol. The summed E-state index contributed by atoms with van der Waals surface area (Å²) in [4.78, 5) is 33.2. The molecule has 0 aliphatic carbocycles. The van der Waals surface area contributed by atoms with E-state index in [1.807, 2.05) is 0 Å². The molecule has 1 amide bonds. The molecule has 0 aromatic heterocycles. The average Bonchev–Trinajstić information content (AvgIpc) is 2.53. The number of benzene rings is 1. The summed E-state index contributed by atoms with van der Waals surface area (Å²) in [6, 6.07) is 6.13. The number of carboxylic acid groups (broad SMARTS) is 1. The lowest BCUT2D eigenvalue weighted by Crippen LogP contribution is -2.11. The quantitative estimate of drug-likeness (QED) is 0.470. The minimum Gasteiger partial charge on any atom is -0.481 e. The second-order valence-electron chi connectivity index (χ2n) is 5.53. The normalized spacial score (nSPS) is 11.7. The molecule has 1 aromatic carbocycles. The molecular weight excluding hydrogens is 296 g/mol. The number of amides is 1. The van der Waals surface area contributed by atoms with Gasteiger partial charge in [0, 0.05) is 18.5 Å². The molecule has 0 fully saturated rings. The molecule has 0 spiro atoms. The van der Waals surface area contributed by atoms with Crippen molar-refractivity contribution in [2.24, 2.45) is 5.18 Å². The Kier molecular flexibility index (Phi) is 8.57. The molecule has 1 rings (SSSR count). The van der Waals surface area contributed by atoms with Crippen LogP contribution < -0.4 is 5.32 Å². The molecule has 0 heterocycles. The van der Waals surface area contributed by atoms with Gasteiger partial charge in [-0.15, -0.1) is 0 Å². The number of nitroso groups, excluding NO2 is 1. The third kappa shape index (κ3) is 7.54. The highest BCUT2D eigenvalue weighted by Crippen LogP contribution is 2.24. The van der Waals surface area contributed by atoms with Crippen molar-refractivity contribution in [2.75, 3.05) is 5.32 Å².